The van der Waals surface area contributed by atoms with Crippen molar-refractivity contribution in [2.75, 3.05) is 13.3 Å². The summed E-state index contributed by atoms with van der Waals surface area (Å²) >= 11 is 1.82. The highest BCUT2D eigenvalue weighted by atomic mass is 32.1. The molecule has 3 aromatic rings. The number of aryl methyl sites for hydroxylation is 1. The lowest BCUT2D eigenvalue weighted by atomic mass is 10.1. The first-order valence-corrected chi connectivity index (χ1v) is 9.92. The summed E-state index contributed by atoms with van der Waals surface area (Å²) in [4.78, 5) is 5.02. The van der Waals surface area contributed by atoms with Crippen molar-refractivity contribution in [3.63, 3.8) is 0 Å². The molecule has 0 radical (unpaired) electrons. The number of phenols is 1. The van der Waals surface area contributed by atoms with Gasteiger partial charge in [-0.2, -0.15) is 0 Å². The van der Waals surface area contributed by atoms with Crippen molar-refractivity contribution in [1.82, 2.24) is 4.90 Å². The number of hydrogen-bond acceptors (Lipinski definition) is 5. The molecular formula is C22H23NO3S. The molecule has 2 aromatic carbocycles. The third-order valence-corrected chi connectivity index (χ3v) is 5.69. The Morgan fingerprint density at radius 3 is 2.52 bits per heavy atom. The number of hydrogen-bond donors (Lipinski definition) is 1. The molecule has 0 spiro atoms. The third kappa shape index (κ3) is 4.43. The number of aromatic hydroxyl groups is 1. The number of nitrogens with zero attached hydrogens (tertiary/aromatic N) is 1. The molecule has 4 nitrogen and oxygen atoms in total. The Morgan fingerprint density at radius 2 is 1.78 bits per heavy atom. The van der Waals surface area contributed by atoms with E-state index < -0.39 is 0 Å². The fraction of sp³-hybridized carbons (Fsp3) is 0.273. The molecular weight excluding hydrogens is 358 g/mol. The van der Waals surface area contributed by atoms with Gasteiger partial charge in [-0.1, -0.05) is 30.3 Å². The molecule has 5 heteroatoms. The summed E-state index contributed by atoms with van der Waals surface area (Å²) in [6.07, 6.45) is 0.969. The van der Waals surface area contributed by atoms with Gasteiger partial charge in [0.15, 0.2) is 11.5 Å². The van der Waals surface area contributed by atoms with Gasteiger partial charge in [-0.05, 0) is 37.1 Å². The van der Waals surface area contributed by atoms with Crippen LogP contribution in [-0.4, -0.2) is 23.3 Å². The van der Waals surface area contributed by atoms with E-state index in [9.17, 15) is 5.11 Å². The van der Waals surface area contributed by atoms with E-state index in [1.165, 1.54) is 15.3 Å². The molecule has 0 fully saturated rings. The fourth-order valence-corrected chi connectivity index (χ4v) is 4.21. The van der Waals surface area contributed by atoms with Gasteiger partial charge in [-0.15, -0.1) is 11.3 Å². The standard InChI is InChI=1S/C22H23NO3S/c1-16-7-8-19(27-16)14-23(10-9-17-5-3-2-4-6-17)13-18-11-21-22(12-20(18)24)26-15-25-21/h2-8,11-12,24H,9-10,13-15H2,1H3. The van der Waals surface area contributed by atoms with Gasteiger partial charge in [0.25, 0.3) is 0 Å². The minimum Gasteiger partial charge on any atom is -0.507 e. The van der Waals surface area contributed by atoms with Crippen LogP contribution in [0, 0.1) is 6.92 Å². The van der Waals surface area contributed by atoms with Crippen LogP contribution >= 0.6 is 11.3 Å². The van der Waals surface area contributed by atoms with Gasteiger partial charge < -0.3 is 14.6 Å². The first-order chi connectivity index (χ1) is 13.2. The van der Waals surface area contributed by atoms with E-state index in [-0.39, 0.29) is 12.5 Å². The summed E-state index contributed by atoms with van der Waals surface area (Å²) in [5.41, 5.74) is 2.18. The zero-order valence-corrected chi connectivity index (χ0v) is 16.2. The van der Waals surface area contributed by atoms with Crippen LogP contribution in [0.25, 0.3) is 0 Å². The first-order valence-electron chi connectivity index (χ1n) is 9.10. The monoisotopic (exact) mass is 381 g/mol. The minimum absolute atomic E-state index is 0.213. The molecule has 1 aliphatic rings. The van der Waals surface area contributed by atoms with Gasteiger partial charge in [0.2, 0.25) is 6.79 Å². The van der Waals surface area contributed by atoms with Gasteiger partial charge in [-0.3, -0.25) is 4.90 Å². The molecule has 4 rings (SSSR count). The quantitative estimate of drug-likeness (QED) is 0.642. The summed E-state index contributed by atoms with van der Waals surface area (Å²) in [7, 11) is 0. The molecule has 0 saturated carbocycles. The van der Waals surface area contributed by atoms with Crippen molar-refractivity contribution in [3.05, 3.63) is 75.5 Å². The predicted octanol–water partition coefficient (Wildman–Crippen LogP) is 4.74. The second-order valence-corrected chi connectivity index (χ2v) is 8.17. The summed E-state index contributed by atoms with van der Waals surface area (Å²) in [6, 6.07) is 18.4. The molecule has 0 unspecified atom stereocenters. The van der Waals surface area contributed by atoms with E-state index in [0.717, 1.165) is 25.1 Å². The Morgan fingerprint density at radius 1 is 1.00 bits per heavy atom. The fourth-order valence-electron chi connectivity index (χ4n) is 3.28. The molecule has 1 N–H and O–H groups in total. The lowest BCUT2D eigenvalue weighted by molar-refractivity contribution is 0.173. The number of rotatable bonds is 7. The second kappa shape index (κ2) is 8.03. The van der Waals surface area contributed by atoms with E-state index in [0.29, 0.717) is 18.0 Å². The summed E-state index contributed by atoms with van der Waals surface area (Å²) in [5.74, 6) is 1.57. The highest BCUT2D eigenvalue weighted by Crippen LogP contribution is 2.38. The van der Waals surface area contributed by atoms with Crippen molar-refractivity contribution < 1.29 is 14.6 Å². The number of thiophene rings is 1. The SMILES string of the molecule is Cc1ccc(CN(CCc2ccccc2)Cc2cc3c(cc2O)OCO3)s1. The van der Waals surface area contributed by atoms with Crippen LogP contribution < -0.4 is 9.47 Å². The lowest BCUT2D eigenvalue weighted by Gasteiger charge is -2.22. The maximum atomic E-state index is 10.4. The average molecular weight is 381 g/mol. The average Bonchev–Trinajstić information content (AvgIpc) is 3.29. The van der Waals surface area contributed by atoms with Crippen LogP contribution in [0.3, 0.4) is 0 Å². The van der Waals surface area contributed by atoms with Gasteiger partial charge in [0.1, 0.15) is 5.75 Å². The Balaban J connectivity index is 1.51. The van der Waals surface area contributed by atoms with E-state index in [2.05, 4.69) is 48.2 Å². The van der Waals surface area contributed by atoms with E-state index in [4.69, 9.17) is 9.47 Å². The minimum atomic E-state index is 0.213. The zero-order valence-electron chi connectivity index (χ0n) is 15.4. The maximum absolute atomic E-state index is 10.4. The normalized spacial score (nSPS) is 12.7. The highest BCUT2D eigenvalue weighted by Gasteiger charge is 2.19. The largest absolute Gasteiger partial charge is 0.507 e. The first kappa shape index (κ1) is 17.9. The predicted molar refractivity (Wildman–Crippen MR) is 108 cm³/mol. The Kier molecular flexibility index (Phi) is 5.32. The molecule has 27 heavy (non-hydrogen) atoms. The van der Waals surface area contributed by atoms with Crippen LogP contribution in [0.15, 0.2) is 54.6 Å². The van der Waals surface area contributed by atoms with E-state index >= 15 is 0 Å². The molecule has 0 saturated heterocycles. The molecule has 0 bridgehead atoms. The number of benzene rings is 2. The van der Waals surface area contributed by atoms with Crippen molar-refractivity contribution in [2.45, 2.75) is 26.4 Å². The highest BCUT2D eigenvalue weighted by molar-refractivity contribution is 7.11. The molecule has 1 aromatic heterocycles. The number of ether oxygens (including phenoxy) is 2. The van der Waals surface area contributed by atoms with Crippen molar-refractivity contribution in [3.8, 4) is 17.2 Å². The van der Waals surface area contributed by atoms with Crippen molar-refractivity contribution >= 4 is 11.3 Å². The van der Waals surface area contributed by atoms with Crippen LogP contribution in [-0.2, 0) is 19.5 Å². The molecule has 0 atom stereocenters. The summed E-state index contributed by atoms with van der Waals surface area (Å²) in [6.45, 7) is 4.77. The van der Waals surface area contributed by atoms with Crippen molar-refractivity contribution in [2.24, 2.45) is 0 Å². The van der Waals surface area contributed by atoms with E-state index in [1.54, 1.807) is 6.07 Å². The molecule has 0 amide bonds. The third-order valence-electron chi connectivity index (χ3n) is 4.70. The summed E-state index contributed by atoms with van der Waals surface area (Å²) < 4.78 is 10.8. The van der Waals surface area contributed by atoms with E-state index in [1.807, 2.05) is 23.5 Å². The van der Waals surface area contributed by atoms with Crippen LogP contribution in [0.1, 0.15) is 20.9 Å². The zero-order chi connectivity index (χ0) is 18.6. The Bertz CT molecular complexity index is 907. The summed E-state index contributed by atoms with van der Waals surface area (Å²) in [5, 5.41) is 10.4. The smallest absolute Gasteiger partial charge is 0.231 e. The van der Waals surface area contributed by atoms with Gasteiger partial charge >= 0.3 is 0 Å². The van der Waals surface area contributed by atoms with Gasteiger partial charge in [0, 0.05) is 41.0 Å². The maximum Gasteiger partial charge on any atom is 0.231 e. The number of fused-ring (bicyclic) bond motifs is 1. The van der Waals surface area contributed by atoms with Gasteiger partial charge in [0.05, 0.1) is 0 Å². The van der Waals surface area contributed by atoms with Crippen LogP contribution in [0.5, 0.6) is 17.2 Å². The van der Waals surface area contributed by atoms with Crippen LogP contribution in [0.4, 0.5) is 0 Å². The molecule has 2 heterocycles. The van der Waals surface area contributed by atoms with Crippen molar-refractivity contribution in [1.29, 1.82) is 0 Å². The Hall–Kier alpha value is -2.50. The van der Waals surface area contributed by atoms with Gasteiger partial charge in [-0.25, -0.2) is 0 Å². The lowest BCUT2D eigenvalue weighted by Crippen LogP contribution is -2.25. The molecule has 140 valence electrons. The Labute approximate surface area is 163 Å². The topological polar surface area (TPSA) is 41.9 Å². The van der Waals surface area contributed by atoms with Crippen LogP contribution in [0.2, 0.25) is 0 Å². The molecule has 1 aliphatic heterocycles. The molecule has 0 aliphatic carbocycles. The number of phenolic OH excluding ortho intramolecular Hbond substituents is 1. The second-order valence-electron chi connectivity index (χ2n) is 6.79.